The van der Waals surface area contributed by atoms with E-state index in [2.05, 4.69) is 62.3 Å². The molecule has 2 N–H and O–H groups in total. The Bertz CT molecular complexity index is 599. The van der Waals surface area contributed by atoms with Gasteiger partial charge in [-0.05, 0) is 63.4 Å². The van der Waals surface area contributed by atoms with Crippen LogP contribution in [0.15, 0.2) is 29.3 Å². The third-order valence-corrected chi connectivity index (χ3v) is 5.20. The number of aliphatic hydroxyl groups is 1. The first kappa shape index (κ1) is 17.4. The molecule has 1 saturated heterocycles. The summed E-state index contributed by atoms with van der Waals surface area (Å²) in [5, 5.41) is 14.6. The summed E-state index contributed by atoms with van der Waals surface area (Å²) in [5.74, 6) is 1.27. The minimum absolute atomic E-state index is 0.140. The van der Waals surface area contributed by atoms with Gasteiger partial charge in [0.05, 0.1) is 11.1 Å². The molecule has 0 saturated carbocycles. The Morgan fingerprint density at radius 2 is 1.75 bits per heavy atom. The number of nitrogens with one attached hydrogen (secondary N) is 1. The molecule has 2 aliphatic heterocycles. The lowest BCUT2D eigenvalue weighted by molar-refractivity contribution is -0.0288. The Morgan fingerprint density at radius 3 is 2.25 bits per heavy atom. The molecule has 24 heavy (non-hydrogen) atoms. The molecule has 2 heterocycles. The summed E-state index contributed by atoms with van der Waals surface area (Å²) in [6.45, 7) is 11.0. The standard InChI is InChI=1S/C20H30N2O2/c1-14(2)17(20(23)9-11-21-12-10-20)15-5-7-16(8-6-15)18-22-19(3,4)13-24-18/h5-8,14,17,21,23H,9-13H2,1-4H3. The zero-order chi connectivity index (χ0) is 17.4. The molecule has 132 valence electrons. The Kier molecular flexibility index (Phi) is 4.71. The maximum atomic E-state index is 11.2. The predicted molar refractivity (Wildman–Crippen MR) is 97.6 cm³/mol. The molecule has 4 heteroatoms. The van der Waals surface area contributed by atoms with Gasteiger partial charge in [0, 0.05) is 11.5 Å². The summed E-state index contributed by atoms with van der Waals surface area (Å²) in [4.78, 5) is 4.64. The van der Waals surface area contributed by atoms with Gasteiger partial charge in [-0.3, -0.25) is 0 Å². The quantitative estimate of drug-likeness (QED) is 0.892. The third kappa shape index (κ3) is 3.50. The maximum Gasteiger partial charge on any atom is 0.216 e. The molecule has 1 unspecified atom stereocenters. The van der Waals surface area contributed by atoms with Gasteiger partial charge in [-0.1, -0.05) is 26.0 Å². The van der Waals surface area contributed by atoms with Crippen LogP contribution >= 0.6 is 0 Å². The van der Waals surface area contributed by atoms with Gasteiger partial charge in [0.15, 0.2) is 0 Å². The topological polar surface area (TPSA) is 53.9 Å². The van der Waals surface area contributed by atoms with Crippen LogP contribution in [-0.2, 0) is 4.74 Å². The molecule has 0 aliphatic carbocycles. The number of aliphatic imine (C=N–C) groups is 1. The van der Waals surface area contributed by atoms with E-state index in [9.17, 15) is 5.11 Å². The second-order valence-electron chi connectivity index (χ2n) is 8.22. The Hall–Kier alpha value is -1.39. The first-order chi connectivity index (χ1) is 11.3. The highest BCUT2D eigenvalue weighted by molar-refractivity contribution is 5.95. The summed E-state index contributed by atoms with van der Waals surface area (Å²) in [7, 11) is 0. The summed E-state index contributed by atoms with van der Waals surface area (Å²) >= 11 is 0. The summed E-state index contributed by atoms with van der Waals surface area (Å²) < 4.78 is 5.73. The van der Waals surface area contributed by atoms with Crippen LogP contribution in [0, 0.1) is 5.92 Å². The second-order valence-corrected chi connectivity index (χ2v) is 8.22. The minimum atomic E-state index is -0.621. The van der Waals surface area contributed by atoms with Gasteiger partial charge >= 0.3 is 0 Å². The van der Waals surface area contributed by atoms with E-state index in [-0.39, 0.29) is 11.5 Å². The van der Waals surface area contributed by atoms with Crippen molar-refractivity contribution in [2.45, 2.75) is 57.6 Å². The predicted octanol–water partition coefficient (Wildman–Crippen LogP) is 3.10. The van der Waals surface area contributed by atoms with E-state index in [1.807, 2.05) is 0 Å². The molecule has 3 rings (SSSR count). The lowest BCUT2D eigenvalue weighted by Gasteiger charge is -2.42. The van der Waals surface area contributed by atoms with Crippen molar-refractivity contribution in [2.24, 2.45) is 10.9 Å². The smallest absolute Gasteiger partial charge is 0.216 e. The molecular weight excluding hydrogens is 300 g/mol. The highest BCUT2D eigenvalue weighted by atomic mass is 16.5. The van der Waals surface area contributed by atoms with Crippen LogP contribution in [0.1, 0.15) is 57.6 Å². The summed E-state index contributed by atoms with van der Waals surface area (Å²) in [6.07, 6.45) is 1.61. The molecule has 0 amide bonds. The molecule has 1 aromatic rings. The van der Waals surface area contributed by atoms with Gasteiger partial charge in [0.1, 0.15) is 6.61 Å². The molecular formula is C20H30N2O2. The van der Waals surface area contributed by atoms with Crippen LogP contribution in [0.25, 0.3) is 0 Å². The van der Waals surface area contributed by atoms with Crippen molar-refractivity contribution in [3.8, 4) is 0 Å². The van der Waals surface area contributed by atoms with Crippen molar-refractivity contribution in [3.63, 3.8) is 0 Å². The van der Waals surface area contributed by atoms with Gasteiger partial charge in [-0.2, -0.15) is 0 Å². The minimum Gasteiger partial charge on any atom is -0.475 e. The van der Waals surface area contributed by atoms with Crippen molar-refractivity contribution < 1.29 is 9.84 Å². The van der Waals surface area contributed by atoms with Crippen molar-refractivity contribution in [2.75, 3.05) is 19.7 Å². The zero-order valence-corrected chi connectivity index (χ0v) is 15.3. The van der Waals surface area contributed by atoms with E-state index in [4.69, 9.17) is 4.74 Å². The number of nitrogens with zero attached hydrogens (tertiary/aromatic N) is 1. The van der Waals surface area contributed by atoms with Crippen molar-refractivity contribution in [1.82, 2.24) is 5.32 Å². The lowest BCUT2D eigenvalue weighted by Crippen LogP contribution is -2.47. The van der Waals surface area contributed by atoms with Crippen molar-refractivity contribution in [3.05, 3.63) is 35.4 Å². The van der Waals surface area contributed by atoms with Crippen LogP contribution in [0.5, 0.6) is 0 Å². The van der Waals surface area contributed by atoms with Crippen LogP contribution in [0.3, 0.4) is 0 Å². The average Bonchev–Trinajstić information content (AvgIpc) is 2.88. The summed E-state index contributed by atoms with van der Waals surface area (Å²) in [6, 6.07) is 8.43. The molecule has 0 spiro atoms. The molecule has 0 bridgehead atoms. The average molecular weight is 330 g/mol. The highest BCUT2D eigenvalue weighted by Gasteiger charge is 2.40. The number of rotatable bonds is 4. The summed E-state index contributed by atoms with van der Waals surface area (Å²) in [5.41, 5.74) is 1.46. The Morgan fingerprint density at radius 1 is 1.12 bits per heavy atom. The van der Waals surface area contributed by atoms with Gasteiger partial charge in [-0.25, -0.2) is 4.99 Å². The van der Waals surface area contributed by atoms with E-state index in [0.717, 1.165) is 37.4 Å². The maximum absolute atomic E-state index is 11.2. The molecule has 1 aromatic carbocycles. The fourth-order valence-corrected chi connectivity index (χ4v) is 4.05. The van der Waals surface area contributed by atoms with Crippen molar-refractivity contribution >= 4 is 5.90 Å². The van der Waals surface area contributed by atoms with Crippen LogP contribution in [-0.4, -0.2) is 41.8 Å². The largest absolute Gasteiger partial charge is 0.475 e. The monoisotopic (exact) mass is 330 g/mol. The van der Waals surface area contributed by atoms with Gasteiger partial charge in [-0.15, -0.1) is 0 Å². The SMILES string of the molecule is CC(C)C(c1ccc(C2=NC(C)(C)CO2)cc1)C1(O)CCNCC1. The van der Waals surface area contributed by atoms with Gasteiger partial charge in [0.25, 0.3) is 0 Å². The molecule has 4 nitrogen and oxygen atoms in total. The lowest BCUT2D eigenvalue weighted by atomic mass is 9.71. The van der Waals surface area contributed by atoms with Crippen LogP contribution < -0.4 is 5.32 Å². The first-order valence-electron chi connectivity index (χ1n) is 9.07. The molecule has 2 aliphatic rings. The fourth-order valence-electron chi connectivity index (χ4n) is 4.05. The van der Waals surface area contributed by atoms with Gasteiger partial charge in [0.2, 0.25) is 5.90 Å². The van der Waals surface area contributed by atoms with E-state index in [1.165, 1.54) is 5.56 Å². The van der Waals surface area contributed by atoms with E-state index < -0.39 is 5.60 Å². The Balaban J connectivity index is 1.85. The number of hydrogen-bond donors (Lipinski definition) is 2. The zero-order valence-electron chi connectivity index (χ0n) is 15.3. The first-order valence-corrected chi connectivity index (χ1v) is 9.07. The molecule has 0 radical (unpaired) electrons. The van der Waals surface area contributed by atoms with E-state index in [0.29, 0.717) is 12.5 Å². The molecule has 1 fully saturated rings. The third-order valence-electron chi connectivity index (χ3n) is 5.20. The normalized spacial score (nSPS) is 23.7. The van der Waals surface area contributed by atoms with E-state index >= 15 is 0 Å². The van der Waals surface area contributed by atoms with E-state index in [1.54, 1.807) is 0 Å². The van der Waals surface area contributed by atoms with Crippen LogP contribution in [0.4, 0.5) is 0 Å². The molecule has 1 atom stereocenters. The Labute approximate surface area is 145 Å². The van der Waals surface area contributed by atoms with Crippen LogP contribution in [0.2, 0.25) is 0 Å². The number of piperidine rings is 1. The molecule has 0 aromatic heterocycles. The number of benzene rings is 1. The fraction of sp³-hybridized carbons (Fsp3) is 0.650. The number of ether oxygens (including phenoxy) is 1. The van der Waals surface area contributed by atoms with Crippen molar-refractivity contribution in [1.29, 1.82) is 0 Å². The van der Waals surface area contributed by atoms with Gasteiger partial charge < -0.3 is 15.2 Å². The second kappa shape index (κ2) is 6.49. The number of hydrogen-bond acceptors (Lipinski definition) is 4. The highest BCUT2D eigenvalue weighted by Crippen LogP contribution is 2.40.